The molecular formula is C17H21FN2O3. The van der Waals surface area contributed by atoms with Gasteiger partial charge in [-0.1, -0.05) is 18.1 Å². The summed E-state index contributed by atoms with van der Waals surface area (Å²) in [6, 6.07) is 4.43. The summed E-state index contributed by atoms with van der Waals surface area (Å²) in [5, 5.41) is 15.8. The Balaban J connectivity index is 1.93. The predicted octanol–water partition coefficient (Wildman–Crippen LogP) is 2.73. The maximum absolute atomic E-state index is 13.3. The smallest absolute Gasteiger partial charge is 0.220 e. The molecule has 0 bridgehead atoms. The molecule has 6 heteroatoms. The van der Waals surface area contributed by atoms with E-state index in [0.717, 1.165) is 22.6 Å². The monoisotopic (exact) mass is 320 g/mol. The third kappa shape index (κ3) is 4.16. The fourth-order valence-corrected chi connectivity index (χ4v) is 2.71. The summed E-state index contributed by atoms with van der Waals surface area (Å²) >= 11 is 0. The van der Waals surface area contributed by atoms with E-state index in [9.17, 15) is 9.18 Å². The van der Waals surface area contributed by atoms with Gasteiger partial charge in [-0.15, -0.1) is 0 Å². The minimum atomic E-state index is -0.449. The standard InChI is InChI=1S/C17H21FN2O3/c1-10(17-11(2)20-23-12(17)3)6-16(22)19-8-13-4-5-15(18)14(7-13)9-21/h4-5,7,10,21H,6,8-9H2,1-3H3,(H,19,22). The van der Waals surface area contributed by atoms with Crippen molar-refractivity contribution in [3.8, 4) is 0 Å². The molecule has 0 aliphatic rings. The highest BCUT2D eigenvalue weighted by molar-refractivity contribution is 5.76. The Morgan fingerprint density at radius 3 is 2.78 bits per heavy atom. The highest BCUT2D eigenvalue weighted by Gasteiger charge is 2.19. The van der Waals surface area contributed by atoms with Gasteiger partial charge >= 0.3 is 0 Å². The largest absolute Gasteiger partial charge is 0.392 e. The van der Waals surface area contributed by atoms with Gasteiger partial charge < -0.3 is 14.9 Å². The fraction of sp³-hybridized carbons (Fsp3) is 0.412. The van der Waals surface area contributed by atoms with Crippen LogP contribution in [0.4, 0.5) is 4.39 Å². The van der Waals surface area contributed by atoms with Crippen molar-refractivity contribution in [2.24, 2.45) is 0 Å². The molecule has 0 spiro atoms. The van der Waals surface area contributed by atoms with E-state index in [1.807, 2.05) is 20.8 Å². The molecule has 1 unspecified atom stereocenters. The number of aliphatic hydroxyl groups is 1. The molecule has 1 amide bonds. The van der Waals surface area contributed by atoms with Crippen LogP contribution in [0.15, 0.2) is 22.7 Å². The number of aryl methyl sites for hydroxylation is 2. The summed E-state index contributed by atoms with van der Waals surface area (Å²) in [6.45, 7) is 5.57. The Bertz CT molecular complexity index is 678. The summed E-state index contributed by atoms with van der Waals surface area (Å²) in [5.74, 6) is 0.179. The highest BCUT2D eigenvalue weighted by Crippen LogP contribution is 2.25. The Morgan fingerprint density at radius 1 is 1.43 bits per heavy atom. The number of nitrogens with zero attached hydrogens (tertiary/aromatic N) is 1. The topological polar surface area (TPSA) is 75.4 Å². The number of hydrogen-bond acceptors (Lipinski definition) is 4. The van der Waals surface area contributed by atoms with Crippen molar-refractivity contribution in [3.63, 3.8) is 0 Å². The summed E-state index contributed by atoms with van der Waals surface area (Å²) in [5.41, 5.74) is 2.73. The van der Waals surface area contributed by atoms with Crippen LogP contribution < -0.4 is 5.32 Å². The first-order valence-electron chi connectivity index (χ1n) is 7.50. The normalized spacial score (nSPS) is 12.2. The predicted molar refractivity (Wildman–Crippen MR) is 83.2 cm³/mol. The number of benzene rings is 1. The van der Waals surface area contributed by atoms with Crippen molar-refractivity contribution >= 4 is 5.91 Å². The van der Waals surface area contributed by atoms with E-state index in [4.69, 9.17) is 9.63 Å². The number of rotatable bonds is 6. The van der Waals surface area contributed by atoms with Crippen LogP contribution in [0.2, 0.25) is 0 Å². The number of halogens is 1. The Labute approximate surface area is 134 Å². The lowest BCUT2D eigenvalue weighted by molar-refractivity contribution is -0.121. The molecule has 1 aromatic heterocycles. The molecule has 1 heterocycles. The zero-order valence-corrected chi connectivity index (χ0v) is 13.5. The number of carbonyl (C=O) groups is 1. The number of amides is 1. The van der Waals surface area contributed by atoms with Crippen molar-refractivity contribution in [2.45, 2.75) is 46.3 Å². The van der Waals surface area contributed by atoms with Gasteiger partial charge in [-0.3, -0.25) is 4.79 Å². The molecule has 23 heavy (non-hydrogen) atoms. The second kappa shape index (κ2) is 7.37. The van der Waals surface area contributed by atoms with Crippen LogP contribution in [0.25, 0.3) is 0 Å². The van der Waals surface area contributed by atoms with Gasteiger partial charge in [0.15, 0.2) is 0 Å². The molecule has 0 saturated carbocycles. The maximum Gasteiger partial charge on any atom is 0.220 e. The lowest BCUT2D eigenvalue weighted by atomic mass is 9.96. The molecule has 5 nitrogen and oxygen atoms in total. The molecular weight excluding hydrogens is 299 g/mol. The SMILES string of the molecule is Cc1noc(C)c1C(C)CC(=O)NCc1ccc(F)c(CO)c1. The molecule has 2 N–H and O–H groups in total. The van der Waals surface area contributed by atoms with Gasteiger partial charge in [0.1, 0.15) is 11.6 Å². The molecule has 1 aromatic carbocycles. The minimum Gasteiger partial charge on any atom is -0.392 e. The van der Waals surface area contributed by atoms with E-state index in [-0.39, 0.29) is 24.0 Å². The third-order valence-electron chi connectivity index (χ3n) is 3.84. The van der Waals surface area contributed by atoms with E-state index in [1.54, 1.807) is 12.1 Å². The van der Waals surface area contributed by atoms with E-state index < -0.39 is 5.82 Å². The Kier molecular flexibility index (Phi) is 5.50. The zero-order chi connectivity index (χ0) is 17.0. The van der Waals surface area contributed by atoms with Crippen LogP contribution in [-0.4, -0.2) is 16.2 Å². The second-order valence-corrected chi connectivity index (χ2v) is 5.70. The molecule has 0 fully saturated rings. The van der Waals surface area contributed by atoms with Crippen LogP contribution in [0.3, 0.4) is 0 Å². The minimum absolute atomic E-state index is 0.00229. The zero-order valence-electron chi connectivity index (χ0n) is 13.5. The number of aromatic nitrogens is 1. The molecule has 1 atom stereocenters. The number of carbonyl (C=O) groups excluding carboxylic acids is 1. The van der Waals surface area contributed by atoms with Crippen LogP contribution in [0.1, 0.15) is 47.4 Å². The van der Waals surface area contributed by atoms with E-state index >= 15 is 0 Å². The van der Waals surface area contributed by atoms with Gasteiger partial charge in [0.2, 0.25) is 5.91 Å². The van der Waals surface area contributed by atoms with Crippen LogP contribution in [-0.2, 0) is 17.9 Å². The summed E-state index contributed by atoms with van der Waals surface area (Å²) in [6.07, 6.45) is 0.316. The summed E-state index contributed by atoms with van der Waals surface area (Å²) in [7, 11) is 0. The van der Waals surface area contributed by atoms with Crippen LogP contribution in [0, 0.1) is 19.7 Å². The molecule has 2 rings (SSSR count). The average molecular weight is 320 g/mol. The van der Waals surface area contributed by atoms with E-state index in [1.165, 1.54) is 6.07 Å². The van der Waals surface area contributed by atoms with Crippen molar-refractivity contribution < 1.29 is 18.8 Å². The Hall–Kier alpha value is -2.21. The number of aliphatic hydroxyl groups excluding tert-OH is 1. The second-order valence-electron chi connectivity index (χ2n) is 5.70. The molecule has 124 valence electrons. The maximum atomic E-state index is 13.3. The first-order chi connectivity index (χ1) is 10.9. The molecule has 0 saturated heterocycles. The van der Waals surface area contributed by atoms with Crippen molar-refractivity contribution in [2.75, 3.05) is 0 Å². The number of hydrogen-bond donors (Lipinski definition) is 2. The average Bonchev–Trinajstić information content (AvgIpc) is 2.85. The van der Waals surface area contributed by atoms with E-state index in [2.05, 4.69) is 10.5 Å². The van der Waals surface area contributed by atoms with Gasteiger partial charge in [-0.05, 0) is 37.5 Å². The lowest BCUT2D eigenvalue weighted by Gasteiger charge is -2.12. The van der Waals surface area contributed by atoms with Crippen LogP contribution in [0.5, 0.6) is 0 Å². The molecule has 0 aliphatic heterocycles. The molecule has 2 aromatic rings. The lowest BCUT2D eigenvalue weighted by Crippen LogP contribution is -2.24. The van der Waals surface area contributed by atoms with Crippen molar-refractivity contribution in [3.05, 3.63) is 52.2 Å². The van der Waals surface area contributed by atoms with Gasteiger partial charge in [-0.2, -0.15) is 0 Å². The summed E-state index contributed by atoms with van der Waals surface area (Å²) in [4.78, 5) is 12.1. The molecule has 0 aliphatic carbocycles. The quantitative estimate of drug-likeness (QED) is 0.858. The Morgan fingerprint density at radius 2 is 2.17 bits per heavy atom. The van der Waals surface area contributed by atoms with Gasteiger partial charge in [-0.25, -0.2) is 4.39 Å². The van der Waals surface area contributed by atoms with E-state index in [0.29, 0.717) is 13.0 Å². The molecule has 0 radical (unpaired) electrons. The van der Waals surface area contributed by atoms with Gasteiger partial charge in [0.05, 0.1) is 12.3 Å². The van der Waals surface area contributed by atoms with Crippen LogP contribution >= 0.6 is 0 Å². The van der Waals surface area contributed by atoms with Gasteiger partial charge in [0, 0.05) is 24.1 Å². The van der Waals surface area contributed by atoms with Crippen molar-refractivity contribution in [1.29, 1.82) is 0 Å². The van der Waals surface area contributed by atoms with Crippen molar-refractivity contribution in [1.82, 2.24) is 10.5 Å². The van der Waals surface area contributed by atoms with Gasteiger partial charge in [0.25, 0.3) is 0 Å². The first-order valence-corrected chi connectivity index (χ1v) is 7.50. The third-order valence-corrected chi connectivity index (χ3v) is 3.84. The first kappa shape index (κ1) is 17.1. The number of nitrogens with one attached hydrogen (secondary N) is 1. The highest BCUT2D eigenvalue weighted by atomic mass is 19.1. The fourth-order valence-electron chi connectivity index (χ4n) is 2.71. The summed E-state index contributed by atoms with van der Waals surface area (Å²) < 4.78 is 18.4.